The minimum absolute atomic E-state index is 0.117. The smallest absolute Gasteiger partial charge is 0.258 e. The Bertz CT molecular complexity index is 614. The number of hydrogen-bond donors (Lipinski definition) is 1. The molecule has 2 aromatic rings. The molecule has 1 aromatic carbocycles. The third-order valence-corrected chi connectivity index (χ3v) is 3.01. The minimum Gasteiger partial charge on any atom is -0.495 e. The van der Waals surface area contributed by atoms with Crippen LogP contribution in [0.4, 0.5) is 11.5 Å². The van der Waals surface area contributed by atoms with E-state index in [4.69, 9.17) is 4.74 Å². The standard InChI is InChI=1S/C15H17N3O2/c1-16-14-10-11(8-9-17-14)15(19)18(2)12-6-4-5-7-13(12)20-3/h4-10H,1-3H3,(H,16,17). The number of ether oxygens (including phenoxy) is 1. The quantitative estimate of drug-likeness (QED) is 0.927. The molecule has 1 aromatic heterocycles. The lowest BCUT2D eigenvalue weighted by molar-refractivity contribution is 0.0992. The van der Waals surface area contributed by atoms with E-state index < -0.39 is 0 Å². The van der Waals surface area contributed by atoms with E-state index in [1.54, 1.807) is 44.4 Å². The third-order valence-electron chi connectivity index (χ3n) is 3.01. The van der Waals surface area contributed by atoms with Crippen LogP contribution in [0.3, 0.4) is 0 Å². The lowest BCUT2D eigenvalue weighted by atomic mass is 10.2. The van der Waals surface area contributed by atoms with E-state index in [-0.39, 0.29) is 5.91 Å². The number of carbonyl (C=O) groups excluding carboxylic acids is 1. The summed E-state index contributed by atoms with van der Waals surface area (Å²) >= 11 is 0. The molecule has 0 fully saturated rings. The molecule has 0 unspecified atom stereocenters. The van der Waals surface area contributed by atoms with Crippen molar-refractivity contribution < 1.29 is 9.53 Å². The van der Waals surface area contributed by atoms with Gasteiger partial charge in [0.25, 0.3) is 5.91 Å². The SMILES string of the molecule is CNc1cc(C(=O)N(C)c2ccccc2OC)ccn1. The van der Waals surface area contributed by atoms with Crippen LogP contribution >= 0.6 is 0 Å². The zero-order valence-electron chi connectivity index (χ0n) is 11.8. The fourth-order valence-electron chi connectivity index (χ4n) is 1.91. The third kappa shape index (κ3) is 2.71. The number of hydrogen-bond acceptors (Lipinski definition) is 4. The molecule has 1 amide bonds. The molecule has 20 heavy (non-hydrogen) atoms. The van der Waals surface area contributed by atoms with Crippen molar-refractivity contribution in [2.75, 3.05) is 31.4 Å². The normalized spacial score (nSPS) is 9.95. The van der Waals surface area contributed by atoms with E-state index in [1.165, 1.54) is 0 Å². The second kappa shape index (κ2) is 6.06. The lowest BCUT2D eigenvalue weighted by Crippen LogP contribution is -2.26. The molecule has 5 heteroatoms. The Kier molecular flexibility index (Phi) is 4.20. The summed E-state index contributed by atoms with van der Waals surface area (Å²) in [5, 5.41) is 2.92. The van der Waals surface area contributed by atoms with E-state index in [0.29, 0.717) is 17.1 Å². The van der Waals surface area contributed by atoms with E-state index in [0.717, 1.165) is 5.69 Å². The van der Waals surface area contributed by atoms with Gasteiger partial charge in [0.15, 0.2) is 0 Å². The minimum atomic E-state index is -0.117. The first-order valence-electron chi connectivity index (χ1n) is 6.22. The van der Waals surface area contributed by atoms with E-state index in [9.17, 15) is 4.79 Å². The van der Waals surface area contributed by atoms with Gasteiger partial charge in [-0.15, -0.1) is 0 Å². The Morgan fingerprint density at radius 2 is 2.05 bits per heavy atom. The Morgan fingerprint density at radius 1 is 1.30 bits per heavy atom. The van der Waals surface area contributed by atoms with Crippen molar-refractivity contribution in [3.8, 4) is 5.75 Å². The molecule has 104 valence electrons. The molecule has 0 spiro atoms. The molecule has 0 aliphatic rings. The van der Waals surface area contributed by atoms with Gasteiger partial charge in [0.1, 0.15) is 11.6 Å². The van der Waals surface area contributed by atoms with Crippen molar-refractivity contribution in [2.24, 2.45) is 0 Å². The van der Waals surface area contributed by atoms with Gasteiger partial charge in [0.2, 0.25) is 0 Å². The van der Waals surface area contributed by atoms with Crippen molar-refractivity contribution in [3.63, 3.8) is 0 Å². The molecule has 0 bridgehead atoms. The van der Waals surface area contributed by atoms with Crippen LogP contribution in [0.25, 0.3) is 0 Å². The number of para-hydroxylation sites is 2. The summed E-state index contributed by atoms with van der Waals surface area (Å²) in [6, 6.07) is 10.8. The summed E-state index contributed by atoms with van der Waals surface area (Å²) in [4.78, 5) is 18.2. The second-order valence-corrected chi connectivity index (χ2v) is 4.22. The Morgan fingerprint density at radius 3 is 2.75 bits per heavy atom. The van der Waals surface area contributed by atoms with Crippen molar-refractivity contribution in [3.05, 3.63) is 48.2 Å². The highest BCUT2D eigenvalue weighted by Crippen LogP contribution is 2.27. The van der Waals surface area contributed by atoms with Gasteiger partial charge >= 0.3 is 0 Å². The number of methoxy groups -OCH3 is 1. The number of aromatic nitrogens is 1. The highest BCUT2D eigenvalue weighted by Gasteiger charge is 2.17. The highest BCUT2D eigenvalue weighted by molar-refractivity contribution is 6.06. The molecule has 5 nitrogen and oxygen atoms in total. The number of nitrogens with one attached hydrogen (secondary N) is 1. The first kappa shape index (κ1) is 13.9. The van der Waals surface area contributed by atoms with E-state index in [1.807, 2.05) is 24.3 Å². The lowest BCUT2D eigenvalue weighted by Gasteiger charge is -2.20. The Hall–Kier alpha value is -2.56. The molecule has 1 heterocycles. The summed E-state index contributed by atoms with van der Waals surface area (Å²) in [5.41, 5.74) is 1.29. The zero-order chi connectivity index (χ0) is 14.5. The van der Waals surface area contributed by atoms with Crippen LogP contribution < -0.4 is 15.0 Å². The molecule has 0 atom stereocenters. The van der Waals surface area contributed by atoms with Gasteiger partial charge < -0.3 is 15.0 Å². The second-order valence-electron chi connectivity index (χ2n) is 4.22. The number of amides is 1. The van der Waals surface area contributed by atoms with Crippen LogP contribution in [-0.4, -0.2) is 32.1 Å². The predicted molar refractivity (Wildman–Crippen MR) is 79.5 cm³/mol. The number of pyridine rings is 1. The maximum absolute atomic E-state index is 12.5. The predicted octanol–water partition coefficient (Wildman–Crippen LogP) is 2.41. The van der Waals surface area contributed by atoms with Crippen molar-refractivity contribution in [1.82, 2.24) is 4.98 Å². The van der Waals surface area contributed by atoms with Crippen molar-refractivity contribution in [1.29, 1.82) is 0 Å². The van der Waals surface area contributed by atoms with Gasteiger partial charge in [0.05, 0.1) is 12.8 Å². The monoisotopic (exact) mass is 271 g/mol. The molecule has 1 N–H and O–H groups in total. The van der Waals surface area contributed by atoms with Crippen LogP contribution in [-0.2, 0) is 0 Å². The Balaban J connectivity index is 2.32. The van der Waals surface area contributed by atoms with Crippen LogP contribution in [0.5, 0.6) is 5.75 Å². The van der Waals surface area contributed by atoms with Crippen LogP contribution in [0.2, 0.25) is 0 Å². The maximum Gasteiger partial charge on any atom is 0.258 e. The van der Waals surface area contributed by atoms with Gasteiger partial charge in [-0.25, -0.2) is 4.98 Å². The Labute approximate surface area is 118 Å². The number of anilines is 2. The summed E-state index contributed by atoms with van der Waals surface area (Å²) in [7, 11) is 5.07. The fraction of sp³-hybridized carbons (Fsp3) is 0.200. The molecule has 0 radical (unpaired) electrons. The summed E-state index contributed by atoms with van der Waals surface area (Å²) in [6.45, 7) is 0. The largest absolute Gasteiger partial charge is 0.495 e. The van der Waals surface area contributed by atoms with Gasteiger partial charge in [-0.05, 0) is 24.3 Å². The highest BCUT2D eigenvalue weighted by atomic mass is 16.5. The van der Waals surface area contributed by atoms with Gasteiger partial charge in [0, 0.05) is 25.9 Å². The zero-order valence-corrected chi connectivity index (χ0v) is 11.8. The first-order chi connectivity index (χ1) is 9.67. The number of rotatable bonds is 4. The van der Waals surface area contributed by atoms with E-state index in [2.05, 4.69) is 10.3 Å². The molecule has 0 saturated carbocycles. The fourth-order valence-corrected chi connectivity index (χ4v) is 1.91. The summed E-state index contributed by atoms with van der Waals surface area (Å²) < 4.78 is 5.28. The van der Waals surface area contributed by atoms with Crippen LogP contribution in [0.1, 0.15) is 10.4 Å². The average Bonchev–Trinajstić information content (AvgIpc) is 2.53. The molecule has 2 rings (SSSR count). The summed E-state index contributed by atoms with van der Waals surface area (Å²) in [5.74, 6) is 1.20. The maximum atomic E-state index is 12.5. The number of nitrogens with zero attached hydrogens (tertiary/aromatic N) is 2. The van der Waals surface area contributed by atoms with Crippen molar-refractivity contribution >= 4 is 17.4 Å². The summed E-state index contributed by atoms with van der Waals surface area (Å²) in [6.07, 6.45) is 1.61. The topological polar surface area (TPSA) is 54.5 Å². The number of benzene rings is 1. The average molecular weight is 271 g/mol. The number of carbonyl (C=O) groups is 1. The first-order valence-corrected chi connectivity index (χ1v) is 6.22. The van der Waals surface area contributed by atoms with Gasteiger partial charge in [-0.3, -0.25) is 4.79 Å². The molecule has 0 saturated heterocycles. The molecule has 0 aliphatic carbocycles. The van der Waals surface area contributed by atoms with E-state index >= 15 is 0 Å². The van der Waals surface area contributed by atoms with Crippen LogP contribution in [0.15, 0.2) is 42.6 Å². The molecular formula is C15H17N3O2. The van der Waals surface area contributed by atoms with Crippen molar-refractivity contribution in [2.45, 2.75) is 0 Å². The molecular weight excluding hydrogens is 254 g/mol. The van der Waals surface area contributed by atoms with Gasteiger partial charge in [-0.2, -0.15) is 0 Å². The van der Waals surface area contributed by atoms with Gasteiger partial charge in [-0.1, -0.05) is 12.1 Å². The van der Waals surface area contributed by atoms with Crippen LogP contribution in [0, 0.1) is 0 Å². The molecule has 0 aliphatic heterocycles.